The highest BCUT2D eigenvalue weighted by Crippen LogP contribution is 2.11. The van der Waals surface area contributed by atoms with Crippen molar-refractivity contribution in [3.63, 3.8) is 0 Å². The van der Waals surface area contributed by atoms with Crippen LogP contribution in [0.25, 0.3) is 0 Å². The lowest BCUT2D eigenvalue weighted by Crippen LogP contribution is -2.43. The fourth-order valence-corrected chi connectivity index (χ4v) is 1.85. The van der Waals surface area contributed by atoms with E-state index in [1.165, 1.54) is 6.26 Å². The summed E-state index contributed by atoms with van der Waals surface area (Å²) in [6.07, 6.45) is 1.62. The third-order valence-corrected chi connectivity index (χ3v) is 2.77. The summed E-state index contributed by atoms with van der Waals surface area (Å²) in [5.41, 5.74) is 5.78. The Morgan fingerprint density at radius 3 is 2.41 bits per heavy atom. The summed E-state index contributed by atoms with van der Waals surface area (Å²) in [5.74, 6) is -0.0244. The average molecular weight is 333 g/mol. The lowest BCUT2D eigenvalue weighted by molar-refractivity contribution is -0.150. The summed E-state index contributed by atoms with van der Waals surface area (Å²) in [6, 6.07) is 0.895. The van der Waals surface area contributed by atoms with Gasteiger partial charge in [0.15, 0.2) is 0 Å². The molecule has 1 atom stereocenters. The third kappa shape index (κ3) is 6.49. The van der Waals surface area contributed by atoms with Gasteiger partial charge >= 0.3 is 5.97 Å². The highest BCUT2D eigenvalue weighted by molar-refractivity contribution is 5.96. The zero-order valence-electron chi connectivity index (χ0n) is 13.4. The molecule has 22 heavy (non-hydrogen) atoms. The monoisotopic (exact) mass is 332 g/mol. The minimum atomic E-state index is -0.670. The van der Waals surface area contributed by atoms with E-state index in [9.17, 15) is 9.59 Å². The van der Waals surface area contributed by atoms with Gasteiger partial charge in [-0.2, -0.15) is 0 Å². The van der Waals surface area contributed by atoms with E-state index in [-0.39, 0.29) is 36.9 Å². The number of halogens is 1. The van der Waals surface area contributed by atoms with Crippen LogP contribution in [0.2, 0.25) is 0 Å². The van der Waals surface area contributed by atoms with E-state index in [1.54, 1.807) is 19.9 Å². The van der Waals surface area contributed by atoms with Crippen molar-refractivity contribution in [1.29, 1.82) is 0 Å². The van der Waals surface area contributed by atoms with E-state index in [0.717, 1.165) is 0 Å². The van der Waals surface area contributed by atoms with Crippen molar-refractivity contribution >= 4 is 24.3 Å². The number of hydrogen-bond donors (Lipinski definition) is 2. The van der Waals surface area contributed by atoms with Gasteiger partial charge < -0.3 is 20.2 Å². The molecule has 1 heterocycles. The van der Waals surface area contributed by atoms with Crippen molar-refractivity contribution in [1.82, 2.24) is 5.32 Å². The number of hydrogen-bond acceptors (Lipinski definition) is 5. The molecule has 3 N–H and O–H groups in total. The van der Waals surface area contributed by atoms with Crippen LogP contribution in [0.3, 0.4) is 0 Å². The number of carbonyl (C=O) groups is 2. The summed E-state index contributed by atoms with van der Waals surface area (Å²) in [5, 5.41) is 2.69. The molecule has 1 amide bonds. The number of ether oxygens (including phenoxy) is 1. The normalized spacial score (nSPS) is 12.0. The van der Waals surface area contributed by atoms with Crippen molar-refractivity contribution in [3.8, 4) is 0 Å². The van der Waals surface area contributed by atoms with Crippen molar-refractivity contribution in [2.75, 3.05) is 0 Å². The molecule has 0 fully saturated rings. The molecule has 0 aromatic carbocycles. The summed E-state index contributed by atoms with van der Waals surface area (Å²) in [4.78, 5) is 24.2. The van der Waals surface area contributed by atoms with Crippen molar-refractivity contribution in [2.24, 2.45) is 11.7 Å². The number of rotatable bonds is 7. The molecule has 0 saturated carbocycles. The predicted octanol–water partition coefficient (Wildman–Crippen LogP) is 2.26. The molecule has 1 aromatic rings. The second-order valence-corrected chi connectivity index (χ2v) is 5.65. The fraction of sp³-hybridized carbons (Fsp3) is 0.600. The van der Waals surface area contributed by atoms with Crippen LogP contribution in [0.1, 0.15) is 50.2 Å². The SMILES string of the molecule is CC(C)C[C@H](NC(=O)c1coc(CN)c1)C(=O)OC(C)C.Cl. The van der Waals surface area contributed by atoms with Crippen LogP contribution in [0, 0.1) is 5.92 Å². The van der Waals surface area contributed by atoms with Crippen LogP contribution in [-0.4, -0.2) is 24.0 Å². The minimum Gasteiger partial charge on any atom is -0.467 e. The largest absolute Gasteiger partial charge is 0.467 e. The quantitative estimate of drug-likeness (QED) is 0.747. The van der Waals surface area contributed by atoms with Crippen LogP contribution >= 0.6 is 12.4 Å². The van der Waals surface area contributed by atoms with Gasteiger partial charge in [0, 0.05) is 0 Å². The first-order chi connectivity index (χ1) is 9.83. The number of furan rings is 1. The molecule has 0 spiro atoms. The molecule has 0 aliphatic heterocycles. The zero-order chi connectivity index (χ0) is 16.0. The highest BCUT2D eigenvalue weighted by Gasteiger charge is 2.25. The molecule has 126 valence electrons. The molecule has 0 aliphatic carbocycles. The summed E-state index contributed by atoms with van der Waals surface area (Å²) >= 11 is 0. The van der Waals surface area contributed by atoms with Gasteiger partial charge in [-0.25, -0.2) is 4.79 Å². The van der Waals surface area contributed by atoms with Gasteiger partial charge in [0.05, 0.1) is 18.2 Å². The summed E-state index contributed by atoms with van der Waals surface area (Å²) in [7, 11) is 0. The first kappa shape index (κ1) is 20.5. The Labute approximate surface area is 137 Å². The van der Waals surface area contributed by atoms with Gasteiger partial charge in [0.1, 0.15) is 18.1 Å². The second-order valence-electron chi connectivity index (χ2n) is 5.65. The van der Waals surface area contributed by atoms with Crippen LogP contribution < -0.4 is 11.1 Å². The smallest absolute Gasteiger partial charge is 0.328 e. The van der Waals surface area contributed by atoms with E-state index in [0.29, 0.717) is 17.7 Å². The van der Waals surface area contributed by atoms with Crippen molar-refractivity contribution in [3.05, 3.63) is 23.7 Å². The van der Waals surface area contributed by atoms with E-state index >= 15 is 0 Å². The Morgan fingerprint density at radius 1 is 1.32 bits per heavy atom. The fourth-order valence-electron chi connectivity index (χ4n) is 1.85. The lowest BCUT2D eigenvalue weighted by Gasteiger charge is -2.20. The topological polar surface area (TPSA) is 94.6 Å². The average Bonchev–Trinajstić information content (AvgIpc) is 2.85. The standard InChI is InChI=1S/C15H24N2O4.ClH/c1-9(2)5-13(15(19)21-10(3)4)17-14(18)11-6-12(7-16)20-8-11;/h6,8-10,13H,5,7,16H2,1-4H3,(H,17,18);1H/t13-;/m0./s1. The molecular formula is C15H25ClN2O4. The zero-order valence-corrected chi connectivity index (χ0v) is 14.2. The molecule has 6 nitrogen and oxygen atoms in total. The lowest BCUT2D eigenvalue weighted by atomic mass is 10.0. The Balaban J connectivity index is 0.00000441. The number of carbonyl (C=O) groups excluding carboxylic acids is 2. The van der Waals surface area contributed by atoms with Gasteiger partial charge in [0.25, 0.3) is 5.91 Å². The maximum Gasteiger partial charge on any atom is 0.328 e. The minimum absolute atomic E-state index is 0. The van der Waals surface area contributed by atoms with Gasteiger partial charge in [0.2, 0.25) is 0 Å². The Kier molecular flexibility index (Phi) is 8.82. The molecule has 0 radical (unpaired) electrons. The molecular weight excluding hydrogens is 308 g/mol. The number of nitrogens with two attached hydrogens (primary N) is 1. The van der Waals surface area contributed by atoms with Crippen LogP contribution in [-0.2, 0) is 16.1 Å². The Hall–Kier alpha value is -1.53. The van der Waals surface area contributed by atoms with Gasteiger partial charge in [-0.3, -0.25) is 4.79 Å². The van der Waals surface area contributed by atoms with Gasteiger partial charge in [-0.05, 0) is 32.3 Å². The van der Waals surface area contributed by atoms with Gasteiger partial charge in [-0.15, -0.1) is 12.4 Å². The molecule has 0 saturated heterocycles. The maximum atomic E-state index is 12.1. The molecule has 1 rings (SSSR count). The van der Waals surface area contributed by atoms with Crippen LogP contribution in [0.4, 0.5) is 0 Å². The highest BCUT2D eigenvalue weighted by atomic mass is 35.5. The van der Waals surface area contributed by atoms with Crippen molar-refractivity contribution in [2.45, 2.75) is 52.8 Å². The summed E-state index contributed by atoms with van der Waals surface area (Å²) in [6.45, 7) is 7.72. The maximum absolute atomic E-state index is 12.1. The Bertz CT molecular complexity index is 486. The molecule has 0 bridgehead atoms. The third-order valence-electron chi connectivity index (χ3n) is 2.77. The summed E-state index contributed by atoms with van der Waals surface area (Å²) < 4.78 is 10.3. The molecule has 0 aliphatic rings. The number of nitrogens with one attached hydrogen (secondary N) is 1. The van der Waals surface area contributed by atoms with Crippen molar-refractivity contribution < 1.29 is 18.7 Å². The molecule has 0 unspecified atom stereocenters. The van der Waals surface area contributed by atoms with Crippen LogP contribution in [0.15, 0.2) is 16.7 Å². The van der Waals surface area contributed by atoms with Gasteiger partial charge in [-0.1, -0.05) is 13.8 Å². The predicted molar refractivity (Wildman–Crippen MR) is 85.8 cm³/mol. The molecule has 1 aromatic heterocycles. The molecule has 7 heteroatoms. The first-order valence-electron chi connectivity index (χ1n) is 7.12. The second kappa shape index (κ2) is 9.48. The van der Waals surface area contributed by atoms with E-state index in [2.05, 4.69) is 5.32 Å². The van der Waals surface area contributed by atoms with E-state index in [4.69, 9.17) is 14.9 Å². The van der Waals surface area contributed by atoms with E-state index in [1.807, 2.05) is 13.8 Å². The van der Waals surface area contributed by atoms with Crippen LogP contribution in [0.5, 0.6) is 0 Å². The first-order valence-corrected chi connectivity index (χ1v) is 7.12. The number of esters is 1. The Morgan fingerprint density at radius 2 is 1.95 bits per heavy atom. The number of amides is 1. The van der Waals surface area contributed by atoms with E-state index < -0.39 is 12.0 Å².